The lowest BCUT2D eigenvalue weighted by Gasteiger charge is -2.26. The summed E-state index contributed by atoms with van der Waals surface area (Å²) in [5.41, 5.74) is 2.42. The number of rotatable bonds is 10. The number of ether oxygens (including phenoxy) is 1. The second kappa shape index (κ2) is 11.7. The van der Waals surface area contributed by atoms with Crippen LogP contribution in [0.1, 0.15) is 50.7 Å². The van der Waals surface area contributed by atoms with E-state index in [9.17, 15) is 4.79 Å². The van der Waals surface area contributed by atoms with Gasteiger partial charge in [0.2, 0.25) is 12.3 Å². The lowest BCUT2D eigenvalue weighted by atomic mass is 10.1. The van der Waals surface area contributed by atoms with Gasteiger partial charge in [0.25, 0.3) is 0 Å². The molecular formula is C23H35N5O2. The van der Waals surface area contributed by atoms with E-state index in [1.165, 1.54) is 18.4 Å². The molecule has 30 heavy (non-hydrogen) atoms. The number of amidine groups is 1. The summed E-state index contributed by atoms with van der Waals surface area (Å²) >= 11 is 0. The molecule has 1 amide bonds. The monoisotopic (exact) mass is 413 g/mol. The molecule has 1 fully saturated rings. The zero-order valence-corrected chi connectivity index (χ0v) is 18.2. The third kappa shape index (κ3) is 7.80. The predicted octanol–water partition coefficient (Wildman–Crippen LogP) is 2.70. The van der Waals surface area contributed by atoms with E-state index in [-0.39, 0.29) is 12.5 Å². The van der Waals surface area contributed by atoms with Gasteiger partial charge >= 0.3 is 0 Å². The van der Waals surface area contributed by atoms with Gasteiger partial charge in [0.1, 0.15) is 5.84 Å². The molecule has 1 aromatic carbocycles. The Kier molecular flexibility index (Phi) is 8.71. The number of carbonyl (C=O) groups excluding carboxylic acids is 1. The van der Waals surface area contributed by atoms with Gasteiger partial charge in [-0.2, -0.15) is 0 Å². The van der Waals surface area contributed by atoms with Crippen molar-refractivity contribution in [3.05, 3.63) is 47.8 Å². The maximum absolute atomic E-state index is 12.3. The van der Waals surface area contributed by atoms with Gasteiger partial charge in [0.15, 0.2) is 0 Å². The van der Waals surface area contributed by atoms with Gasteiger partial charge in [-0.05, 0) is 49.8 Å². The first kappa shape index (κ1) is 22.3. The first-order chi connectivity index (χ1) is 14.6. The molecule has 3 rings (SSSR count). The van der Waals surface area contributed by atoms with Gasteiger partial charge in [-0.3, -0.25) is 4.79 Å². The smallest absolute Gasteiger partial charge is 0.243 e. The van der Waals surface area contributed by atoms with Crippen LogP contribution in [0.4, 0.5) is 0 Å². The van der Waals surface area contributed by atoms with Crippen LogP contribution >= 0.6 is 0 Å². The molecular weight excluding hydrogens is 378 g/mol. The number of unbranched alkanes of at least 4 members (excludes halogenated alkanes) is 1. The van der Waals surface area contributed by atoms with Crippen LogP contribution in [0.5, 0.6) is 0 Å². The minimum absolute atomic E-state index is 0.0739. The molecule has 7 nitrogen and oxygen atoms in total. The fraction of sp³-hybridized carbons (Fsp3) is 0.565. The summed E-state index contributed by atoms with van der Waals surface area (Å²) in [4.78, 5) is 19.0. The van der Waals surface area contributed by atoms with Crippen LogP contribution < -0.4 is 16.0 Å². The summed E-state index contributed by atoms with van der Waals surface area (Å²) in [6.45, 7) is 7.53. The minimum Gasteiger partial charge on any atom is -0.347 e. The van der Waals surface area contributed by atoms with E-state index in [2.05, 4.69) is 52.1 Å². The second-order valence-electron chi connectivity index (χ2n) is 8.07. The first-order valence-electron chi connectivity index (χ1n) is 11.0. The second-order valence-corrected chi connectivity index (χ2v) is 8.07. The van der Waals surface area contributed by atoms with E-state index < -0.39 is 6.35 Å². The lowest BCUT2D eigenvalue weighted by Crippen LogP contribution is -2.41. The molecule has 1 aromatic rings. The number of nitrogens with zero attached hydrogens (tertiary/aromatic N) is 2. The molecule has 1 aliphatic heterocycles. The molecule has 0 aromatic heterocycles. The molecule has 3 N–H and O–H groups in total. The number of hydrogen-bond donors (Lipinski definition) is 3. The highest BCUT2D eigenvalue weighted by Crippen LogP contribution is 2.27. The Morgan fingerprint density at radius 3 is 2.90 bits per heavy atom. The highest BCUT2D eigenvalue weighted by Gasteiger charge is 2.20. The zero-order valence-electron chi connectivity index (χ0n) is 18.2. The molecule has 1 atom stereocenters. The number of carbonyl (C=O) groups is 1. The van der Waals surface area contributed by atoms with E-state index in [4.69, 9.17) is 4.74 Å². The quantitative estimate of drug-likeness (QED) is 0.514. The van der Waals surface area contributed by atoms with E-state index in [0.29, 0.717) is 13.2 Å². The number of amides is 1. The SMILES string of the molecule is CCCCOC1/N=C(\C)N(Cc2cccc(CNCC3CC3)c2)CC(=O)N/C=C/N1. The summed E-state index contributed by atoms with van der Waals surface area (Å²) in [5, 5.41) is 9.42. The standard InChI is InChI=1S/C23H35N5O2/c1-3-4-12-30-23-26-11-10-25-22(29)17-28(18(2)27-23)16-21-7-5-6-20(13-21)15-24-14-19-8-9-19/h5-7,10-11,13,19,23-24,26H,3-4,8-9,12,14-17H2,1-2H3,(H,25,29)/b11-10+,27-18+. The van der Waals surface area contributed by atoms with Crippen molar-refractivity contribution in [2.75, 3.05) is 19.7 Å². The van der Waals surface area contributed by atoms with E-state index in [1.807, 2.05) is 11.8 Å². The molecule has 1 heterocycles. The predicted molar refractivity (Wildman–Crippen MR) is 119 cm³/mol. The molecule has 7 heteroatoms. The Bertz CT molecular complexity index is 745. The number of benzene rings is 1. The Morgan fingerprint density at radius 2 is 2.10 bits per heavy atom. The van der Waals surface area contributed by atoms with Crippen LogP contribution in [-0.2, 0) is 22.6 Å². The summed E-state index contributed by atoms with van der Waals surface area (Å²) in [5.74, 6) is 1.57. The number of hydrogen-bond acceptors (Lipinski definition) is 6. The molecule has 1 saturated carbocycles. The summed E-state index contributed by atoms with van der Waals surface area (Å²) in [7, 11) is 0. The van der Waals surface area contributed by atoms with Crippen molar-refractivity contribution in [2.24, 2.45) is 10.9 Å². The average molecular weight is 414 g/mol. The van der Waals surface area contributed by atoms with Crippen LogP contribution in [0.15, 0.2) is 41.7 Å². The molecule has 2 aliphatic rings. The van der Waals surface area contributed by atoms with Gasteiger partial charge in [0.05, 0.1) is 13.2 Å². The third-order valence-electron chi connectivity index (χ3n) is 5.26. The van der Waals surface area contributed by atoms with Crippen molar-refractivity contribution in [3.8, 4) is 0 Å². The van der Waals surface area contributed by atoms with E-state index in [0.717, 1.165) is 43.2 Å². The van der Waals surface area contributed by atoms with E-state index >= 15 is 0 Å². The molecule has 1 unspecified atom stereocenters. The Morgan fingerprint density at radius 1 is 1.27 bits per heavy atom. The van der Waals surface area contributed by atoms with Crippen LogP contribution in [-0.4, -0.2) is 42.7 Å². The van der Waals surface area contributed by atoms with Gasteiger partial charge < -0.3 is 25.6 Å². The molecule has 0 spiro atoms. The van der Waals surface area contributed by atoms with Crippen LogP contribution in [0, 0.1) is 5.92 Å². The van der Waals surface area contributed by atoms with Crippen molar-refractivity contribution >= 4 is 11.7 Å². The normalized spacial score (nSPS) is 22.6. The maximum Gasteiger partial charge on any atom is 0.243 e. The first-order valence-corrected chi connectivity index (χ1v) is 11.0. The van der Waals surface area contributed by atoms with Gasteiger partial charge in [0, 0.05) is 25.5 Å². The van der Waals surface area contributed by atoms with Crippen molar-refractivity contribution in [1.29, 1.82) is 0 Å². The average Bonchev–Trinajstić information content (AvgIpc) is 3.55. The largest absolute Gasteiger partial charge is 0.347 e. The molecule has 0 bridgehead atoms. The highest BCUT2D eigenvalue weighted by atomic mass is 16.5. The molecule has 0 radical (unpaired) electrons. The van der Waals surface area contributed by atoms with Crippen LogP contribution in [0.25, 0.3) is 0 Å². The zero-order chi connectivity index (χ0) is 21.2. The van der Waals surface area contributed by atoms with Crippen molar-refractivity contribution in [2.45, 2.75) is 59.0 Å². The van der Waals surface area contributed by atoms with Gasteiger partial charge in [-0.25, -0.2) is 4.99 Å². The Labute approximate surface area is 180 Å². The fourth-order valence-corrected chi connectivity index (χ4v) is 3.28. The van der Waals surface area contributed by atoms with Crippen molar-refractivity contribution < 1.29 is 9.53 Å². The lowest BCUT2D eigenvalue weighted by molar-refractivity contribution is -0.120. The van der Waals surface area contributed by atoms with Crippen molar-refractivity contribution in [3.63, 3.8) is 0 Å². The van der Waals surface area contributed by atoms with Crippen LogP contribution in [0.2, 0.25) is 0 Å². The Hall–Kier alpha value is -2.38. The summed E-state index contributed by atoms with van der Waals surface area (Å²) < 4.78 is 5.84. The van der Waals surface area contributed by atoms with Crippen LogP contribution in [0.3, 0.4) is 0 Å². The number of aliphatic imine (C=N–C) groups is 1. The fourth-order valence-electron chi connectivity index (χ4n) is 3.28. The maximum atomic E-state index is 12.3. The summed E-state index contributed by atoms with van der Waals surface area (Å²) in [6.07, 6.45) is 7.56. The molecule has 0 saturated heterocycles. The molecule has 164 valence electrons. The Balaban J connectivity index is 1.65. The topological polar surface area (TPSA) is 78.0 Å². The van der Waals surface area contributed by atoms with E-state index in [1.54, 1.807) is 12.4 Å². The van der Waals surface area contributed by atoms with Crippen molar-refractivity contribution in [1.82, 2.24) is 20.9 Å². The third-order valence-corrected chi connectivity index (χ3v) is 5.26. The highest BCUT2D eigenvalue weighted by molar-refractivity contribution is 5.87. The minimum atomic E-state index is -0.469. The molecule has 1 aliphatic carbocycles. The summed E-state index contributed by atoms with van der Waals surface area (Å²) in [6, 6.07) is 8.53. The van der Waals surface area contributed by atoms with Gasteiger partial charge in [-0.15, -0.1) is 0 Å². The van der Waals surface area contributed by atoms with Gasteiger partial charge in [-0.1, -0.05) is 37.6 Å². The number of nitrogens with one attached hydrogen (secondary N) is 3.